The Morgan fingerprint density at radius 3 is 3.00 bits per heavy atom. The molecule has 1 aliphatic carbocycles. The number of fused-ring (bicyclic) bond motifs is 1. The number of amides is 1. The fraction of sp³-hybridized carbons (Fsp3) is 0.294. The van der Waals surface area contributed by atoms with Gasteiger partial charge in [0, 0.05) is 48.1 Å². The summed E-state index contributed by atoms with van der Waals surface area (Å²) in [6.07, 6.45) is 7.86. The van der Waals surface area contributed by atoms with E-state index >= 15 is 0 Å². The van der Waals surface area contributed by atoms with E-state index in [4.69, 9.17) is 0 Å². The zero-order valence-corrected chi connectivity index (χ0v) is 12.5. The summed E-state index contributed by atoms with van der Waals surface area (Å²) in [6, 6.07) is 8.74. The van der Waals surface area contributed by atoms with Crippen molar-refractivity contribution in [3.8, 4) is 11.4 Å². The van der Waals surface area contributed by atoms with Crippen molar-refractivity contribution in [3.63, 3.8) is 0 Å². The molecule has 1 amide bonds. The van der Waals surface area contributed by atoms with Crippen molar-refractivity contribution in [1.29, 1.82) is 0 Å². The number of imidazole rings is 1. The maximum Gasteiger partial charge on any atom is 0.240 e. The van der Waals surface area contributed by atoms with Crippen molar-refractivity contribution in [2.45, 2.75) is 25.4 Å². The van der Waals surface area contributed by atoms with Crippen LogP contribution in [0.15, 0.2) is 42.9 Å². The minimum atomic E-state index is 0.0579. The first-order chi connectivity index (χ1) is 10.7. The quantitative estimate of drug-likeness (QED) is 0.803. The zero-order valence-electron chi connectivity index (χ0n) is 12.5. The van der Waals surface area contributed by atoms with Gasteiger partial charge in [-0.2, -0.15) is 0 Å². The molecule has 0 bridgehead atoms. The number of hydrogen-bond acceptors (Lipinski definition) is 2. The van der Waals surface area contributed by atoms with E-state index < -0.39 is 0 Å². The molecule has 5 heteroatoms. The summed E-state index contributed by atoms with van der Waals surface area (Å²) in [5, 5.41) is 4.19. The number of nitrogens with zero attached hydrogens (tertiary/aromatic N) is 3. The van der Waals surface area contributed by atoms with Gasteiger partial charge in [-0.3, -0.25) is 4.79 Å². The van der Waals surface area contributed by atoms with E-state index in [1.807, 2.05) is 24.0 Å². The van der Waals surface area contributed by atoms with E-state index in [0.29, 0.717) is 12.6 Å². The maximum absolute atomic E-state index is 12.0. The summed E-state index contributed by atoms with van der Waals surface area (Å²) in [4.78, 5) is 16.4. The lowest BCUT2D eigenvalue weighted by molar-refractivity contribution is -0.121. The van der Waals surface area contributed by atoms with Crippen LogP contribution in [0.3, 0.4) is 0 Å². The zero-order chi connectivity index (χ0) is 15.1. The Balaban J connectivity index is 1.63. The van der Waals surface area contributed by atoms with Crippen molar-refractivity contribution in [3.05, 3.63) is 42.9 Å². The van der Waals surface area contributed by atoms with Gasteiger partial charge in [0.1, 0.15) is 12.4 Å². The molecule has 112 valence electrons. The Labute approximate surface area is 128 Å². The van der Waals surface area contributed by atoms with Gasteiger partial charge < -0.3 is 14.5 Å². The van der Waals surface area contributed by atoms with Gasteiger partial charge in [-0.15, -0.1) is 0 Å². The molecule has 0 saturated heterocycles. The predicted molar refractivity (Wildman–Crippen MR) is 85.3 cm³/mol. The van der Waals surface area contributed by atoms with Crippen LogP contribution in [0.25, 0.3) is 22.3 Å². The van der Waals surface area contributed by atoms with Crippen molar-refractivity contribution in [2.24, 2.45) is 7.05 Å². The topological polar surface area (TPSA) is 51.9 Å². The van der Waals surface area contributed by atoms with Crippen LogP contribution in [-0.4, -0.2) is 26.1 Å². The second-order valence-electron chi connectivity index (χ2n) is 5.92. The number of carbonyl (C=O) groups is 1. The van der Waals surface area contributed by atoms with Crippen LogP contribution in [0.5, 0.6) is 0 Å². The Hall–Kier alpha value is -2.56. The second kappa shape index (κ2) is 5.02. The van der Waals surface area contributed by atoms with E-state index in [2.05, 4.69) is 39.1 Å². The fourth-order valence-electron chi connectivity index (χ4n) is 2.77. The molecule has 0 radical (unpaired) electrons. The van der Waals surface area contributed by atoms with Crippen LogP contribution < -0.4 is 5.32 Å². The van der Waals surface area contributed by atoms with E-state index in [1.165, 1.54) is 10.9 Å². The number of carbonyl (C=O) groups excluding carboxylic acids is 1. The third kappa shape index (κ3) is 2.39. The van der Waals surface area contributed by atoms with E-state index in [9.17, 15) is 4.79 Å². The third-order valence-electron chi connectivity index (χ3n) is 4.12. The van der Waals surface area contributed by atoms with Gasteiger partial charge in [0.15, 0.2) is 0 Å². The summed E-state index contributed by atoms with van der Waals surface area (Å²) in [7, 11) is 2.03. The first-order valence-corrected chi connectivity index (χ1v) is 7.57. The molecule has 1 saturated carbocycles. The van der Waals surface area contributed by atoms with Crippen molar-refractivity contribution < 1.29 is 4.79 Å². The predicted octanol–water partition coefficient (Wildman–Crippen LogP) is 2.32. The van der Waals surface area contributed by atoms with Gasteiger partial charge in [-0.05, 0) is 37.1 Å². The summed E-state index contributed by atoms with van der Waals surface area (Å²) >= 11 is 0. The molecular weight excluding hydrogens is 276 g/mol. The number of hydrogen-bond donors (Lipinski definition) is 1. The lowest BCUT2D eigenvalue weighted by Crippen LogP contribution is -2.29. The van der Waals surface area contributed by atoms with Gasteiger partial charge in [0.25, 0.3) is 0 Å². The van der Waals surface area contributed by atoms with Gasteiger partial charge in [-0.25, -0.2) is 4.98 Å². The van der Waals surface area contributed by atoms with E-state index in [1.54, 1.807) is 6.20 Å². The molecule has 1 aromatic carbocycles. The first-order valence-electron chi connectivity index (χ1n) is 7.57. The number of nitrogens with one attached hydrogen (secondary N) is 1. The standard InChI is InChI=1S/C17H18N4O/c1-20-8-6-12-10-13(2-5-15(12)20)17-18-7-9-21(17)11-16(22)19-14-3-4-14/h2,5-10,14H,3-4,11H2,1H3,(H,19,22). The molecule has 5 nitrogen and oxygen atoms in total. The van der Waals surface area contributed by atoms with Crippen LogP contribution >= 0.6 is 0 Å². The molecule has 2 heterocycles. The second-order valence-corrected chi connectivity index (χ2v) is 5.92. The summed E-state index contributed by atoms with van der Waals surface area (Å²) in [5.74, 6) is 0.888. The molecular formula is C17H18N4O. The number of rotatable bonds is 4. The van der Waals surface area contributed by atoms with Gasteiger partial charge >= 0.3 is 0 Å². The molecule has 0 spiro atoms. The van der Waals surface area contributed by atoms with Crippen LogP contribution in [0.2, 0.25) is 0 Å². The number of benzene rings is 1. The van der Waals surface area contributed by atoms with Gasteiger partial charge in [0.2, 0.25) is 5.91 Å². The highest BCUT2D eigenvalue weighted by Crippen LogP contribution is 2.24. The molecule has 2 aromatic heterocycles. The minimum Gasteiger partial charge on any atom is -0.352 e. The Morgan fingerprint density at radius 1 is 1.32 bits per heavy atom. The molecule has 1 N–H and O–H groups in total. The molecule has 3 aromatic rings. The number of aromatic nitrogens is 3. The summed E-state index contributed by atoms with van der Waals surface area (Å²) < 4.78 is 4.00. The largest absolute Gasteiger partial charge is 0.352 e. The number of aryl methyl sites for hydroxylation is 1. The highest BCUT2D eigenvalue weighted by Gasteiger charge is 2.23. The van der Waals surface area contributed by atoms with Gasteiger partial charge in [0.05, 0.1) is 0 Å². The highest BCUT2D eigenvalue weighted by atomic mass is 16.2. The van der Waals surface area contributed by atoms with Crippen LogP contribution in [0, 0.1) is 0 Å². The van der Waals surface area contributed by atoms with Crippen LogP contribution in [0.4, 0.5) is 0 Å². The molecule has 4 rings (SSSR count). The average Bonchev–Trinajstić information content (AvgIpc) is 3.06. The first kappa shape index (κ1) is 13.1. The summed E-state index contributed by atoms with van der Waals surface area (Å²) in [5.41, 5.74) is 2.22. The molecule has 1 fully saturated rings. The summed E-state index contributed by atoms with van der Waals surface area (Å²) in [6.45, 7) is 0.318. The van der Waals surface area contributed by atoms with Gasteiger partial charge in [-0.1, -0.05) is 0 Å². The van der Waals surface area contributed by atoms with Crippen molar-refractivity contribution in [1.82, 2.24) is 19.4 Å². The maximum atomic E-state index is 12.0. The Bertz CT molecular complexity index is 841. The minimum absolute atomic E-state index is 0.0579. The normalized spacial score (nSPS) is 14.4. The molecule has 0 atom stereocenters. The molecule has 22 heavy (non-hydrogen) atoms. The smallest absolute Gasteiger partial charge is 0.240 e. The molecule has 0 unspecified atom stereocenters. The van der Waals surface area contributed by atoms with Crippen molar-refractivity contribution >= 4 is 16.8 Å². The lowest BCUT2D eigenvalue weighted by atomic mass is 10.1. The van der Waals surface area contributed by atoms with E-state index in [0.717, 1.165) is 24.2 Å². The van der Waals surface area contributed by atoms with Crippen molar-refractivity contribution in [2.75, 3.05) is 0 Å². The average molecular weight is 294 g/mol. The highest BCUT2D eigenvalue weighted by molar-refractivity contribution is 5.85. The Morgan fingerprint density at radius 2 is 2.18 bits per heavy atom. The SMILES string of the molecule is Cn1ccc2cc(-c3nccn3CC(=O)NC3CC3)ccc21. The fourth-order valence-corrected chi connectivity index (χ4v) is 2.77. The van der Waals surface area contributed by atoms with Crippen LogP contribution in [-0.2, 0) is 18.4 Å². The van der Waals surface area contributed by atoms with Crippen LogP contribution in [0.1, 0.15) is 12.8 Å². The lowest BCUT2D eigenvalue weighted by Gasteiger charge is -2.09. The molecule has 1 aliphatic rings. The molecule has 0 aliphatic heterocycles. The van der Waals surface area contributed by atoms with E-state index in [-0.39, 0.29) is 5.91 Å². The third-order valence-corrected chi connectivity index (χ3v) is 4.12. The Kier molecular flexibility index (Phi) is 2.99. The monoisotopic (exact) mass is 294 g/mol.